The molecule has 0 spiro atoms. The lowest BCUT2D eigenvalue weighted by Gasteiger charge is -2.30. The highest BCUT2D eigenvalue weighted by molar-refractivity contribution is 7.80. The van der Waals surface area contributed by atoms with Gasteiger partial charge in [0.15, 0.2) is 5.11 Å². The molecule has 1 aromatic heterocycles. The standard InChI is InChI=1S/C23H18ClN3O2S/c1-3-11-26-13-15(16-7-4-5-9-20(16)26)12-17-21(28)25-23(30)27(22(17)29)19-10-6-8-18(24)14(19)2/h3-10,12-13H,1,11H2,2H3,(H,25,28,30). The van der Waals surface area contributed by atoms with E-state index >= 15 is 0 Å². The molecule has 2 amide bonds. The molecule has 2 aromatic carbocycles. The van der Waals surface area contributed by atoms with Crippen molar-refractivity contribution in [2.24, 2.45) is 0 Å². The van der Waals surface area contributed by atoms with E-state index in [9.17, 15) is 9.59 Å². The predicted molar refractivity (Wildman–Crippen MR) is 125 cm³/mol. The Kier molecular flexibility index (Phi) is 5.28. The fourth-order valence-electron chi connectivity index (χ4n) is 3.55. The molecule has 1 saturated heterocycles. The molecule has 5 nitrogen and oxygen atoms in total. The van der Waals surface area contributed by atoms with Gasteiger partial charge >= 0.3 is 0 Å². The van der Waals surface area contributed by atoms with Gasteiger partial charge < -0.3 is 4.57 Å². The number of fused-ring (bicyclic) bond motifs is 1. The number of nitrogens with one attached hydrogen (secondary N) is 1. The third-order valence-corrected chi connectivity index (χ3v) is 5.72. The lowest BCUT2D eigenvalue weighted by molar-refractivity contribution is -0.122. The van der Waals surface area contributed by atoms with Crippen molar-refractivity contribution in [2.45, 2.75) is 13.5 Å². The quantitative estimate of drug-likeness (QED) is 0.281. The molecule has 4 rings (SSSR count). The molecule has 30 heavy (non-hydrogen) atoms. The molecule has 0 saturated carbocycles. The Morgan fingerprint density at radius 3 is 2.70 bits per heavy atom. The third kappa shape index (κ3) is 3.34. The molecular formula is C23H18ClN3O2S. The fraction of sp³-hybridized carbons (Fsp3) is 0.0870. The van der Waals surface area contributed by atoms with Crippen molar-refractivity contribution in [1.29, 1.82) is 0 Å². The Morgan fingerprint density at radius 1 is 1.17 bits per heavy atom. The summed E-state index contributed by atoms with van der Waals surface area (Å²) in [6.07, 6.45) is 5.31. The number of para-hydroxylation sites is 1. The van der Waals surface area contributed by atoms with E-state index in [4.69, 9.17) is 23.8 Å². The fourth-order valence-corrected chi connectivity index (χ4v) is 3.99. The van der Waals surface area contributed by atoms with E-state index in [2.05, 4.69) is 11.9 Å². The summed E-state index contributed by atoms with van der Waals surface area (Å²) in [4.78, 5) is 27.3. The van der Waals surface area contributed by atoms with E-state index in [0.717, 1.165) is 16.5 Å². The second kappa shape index (κ2) is 7.89. The predicted octanol–water partition coefficient (Wildman–Crippen LogP) is 4.62. The number of rotatable bonds is 4. The molecule has 2 heterocycles. The van der Waals surface area contributed by atoms with Crippen molar-refractivity contribution in [3.05, 3.63) is 83.0 Å². The van der Waals surface area contributed by atoms with Crippen LogP contribution in [0.5, 0.6) is 0 Å². The van der Waals surface area contributed by atoms with Crippen LogP contribution in [-0.2, 0) is 16.1 Å². The SMILES string of the molecule is C=CCn1cc(C=C2C(=O)NC(=S)N(c3cccc(Cl)c3C)C2=O)c2ccccc21. The molecule has 150 valence electrons. The van der Waals surface area contributed by atoms with Crippen LogP contribution in [0.25, 0.3) is 17.0 Å². The summed E-state index contributed by atoms with van der Waals surface area (Å²) in [7, 11) is 0. The van der Waals surface area contributed by atoms with Gasteiger partial charge in [0.1, 0.15) is 5.57 Å². The summed E-state index contributed by atoms with van der Waals surface area (Å²) in [6.45, 7) is 6.21. The number of carbonyl (C=O) groups excluding carboxylic acids is 2. The average Bonchev–Trinajstić information content (AvgIpc) is 3.06. The number of benzene rings is 2. The molecule has 1 aliphatic heterocycles. The first-order chi connectivity index (χ1) is 14.4. The number of allylic oxidation sites excluding steroid dienone is 1. The van der Waals surface area contributed by atoms with Gasteiger partial charge in [0.25, 0.3) is 11.8 Å². The van der Waals surface area contributed by atoms with Crippen molar-refractivity contribution in [3.63, 3.8) is 0 Å². The first kappa shape index (κ1) is 20.1. The topological polar surface area (TPSA) is 54.3 Å². The summed E-state index contributed by atoms with van der Waals surface area (Å²) < 4.78 is 2.02. The lowest BCUT2D eigenvalue weighted by atomic mass is 10.1. The maximum atomic E-state index is 13.3. The van der Waals surface area contributed by atoms with Crippen molar-refractivity contribution >= 4 is 63.4 Å². The Hall–Kier alpha value is -3.22. The molecule has 0 unspecified atom stereocenters. The average molecular weight is 436 g/mol. The molecular weight excluding hydrogens is 418 g/mol. The molecule has 0 aliphatic carbocycles. The molecule has 1 aliphatic rings. The molecule has 3 aromatic rings. The highest BCUT2D eigenvalue weighted by Gasteiger charge is 2.35. The minimum atomic E-state index is -0.526. The van der Waals surface area contributed by atoms with Crippen LogP contribution in [0.3, 0.4) is 0 Å². The number of hydrogen-bond donors (Lipinski definition) is 1. The van der Waals surface area contributed by atoms with Crippen LogP contribution >= 0.6 is 23.8 Å². The maximum absolute atomic E-state index is 13.3. The van der Waals surface area contributed by atoms with Gasteiger partial charge in [0, 0.05) is 34.2 Å². The van der Waals surface area contributed by atoms with Gasteiger partial charge in [0.05, 0.1) is 5.69 Å². The number of carbonyl (C=O) groups is 2. The van der Waals surface area contributed by atoms with Gasteiger partial charge in [-0.3, -0.25) is 19.8 Å². The molecule has 0 radical (unpaired) electrons. The third-order valence-electron chi connectivity index (χ3n) is 5.03. The van der Waals surface area contributed by atoms with Crippen LogP contribution in [0, 0.1) is 6.92 Å². The number of halogens is 1. The van der Waals surface area contributed by atoms with Crippen molar-refractivity contribution in [2.75, 3.05) is 4.90 Å². The molecule has 1 N–H and O–H groups in total. The van der Waals surface area contributed by atoms with Crippen LogP contribution in [0.1, 0.15) is 11.1 Å². The maximum Gasteiger partial charge on any atom is 0.270 e. The van der Waals surface area contributed by atoms with E-state index in [1.165, 1.54) is 4.90 Å². The Balaban J connectivity index is 1.84. The Morgan fingerprint density at radius 2 is 1.93 bits per heavy atom. The van der Waals surface area contributed by atoms with Crippen molar-refractivity contribution in [1.82, 2.24) is 9.88 Å². The minimum Gasteiger partial charge on any atom is -0.343 e. The number of hydrogen-bond acceptors (Lipinski definition) is 3. The number of thiocarbonyl (C=S) groups is 1. The molecule has 7 heteroatoms. The number of aromatic nitrogens is 1. The number of amides is 2. The minimum absolute atomic E-state index is 0.00415. The lowest BCUT2D eigenvalue weighted by Crippen LogP contribution is -2.54. The van der Waals surface area contributed by atoms with E-state index in [1.54, 1.807) is 37.3 Å². The normalized spacial score (nSPS) is 15.7. The smallest absolute Gasteiger partial charge is 0.270 e. The summed E-state index contributed by atoms with van der Waals surface area (Å²) >= 11 is 11.5. The number of anilines is 1. The van der Waals surface area contributed by atoms with Gasteiger partial charge in [-0.05, 0) is 49.0 Å². The zero-order valence-electron chi connectivity index (χ0n) is 16.2. The van der Waals surface area contributed by atoms with E-state index in [-0.39, 0.29) is 10.7 Å². The van der Waals surface area contributed by atoms with Gasteiger partial charge in [-0.1, -0.05) is 41.9 Å². The van der Waals surface area contributed by atoms with Gasteiger partial charge in [0.2, 0.25) is 0 Å². The second-order valence-corrected chi connectivity index (χ2v) is 7.68. The molecule has 0 atom stereocenters. The van der Waals surface area contributed by atoms with E-state index in [0.29, 0.717) is 22.8 Å². The van der Waals surface area contributed by atoms with Crippen LogP contribution in [0.2, 0.25) is 5.02 Å². The Bertz CT molecular complexity index is 1260. The van der Waals surface area contributed by atoms with Gasteiger partial charge in [-0.15, -0.1) is 6.58 Å². The first-order valence-corrected chi connectivity index (χ1v) is 10.1. The summed E-state index contributed by atoms with van der Waals surface area (Å²) in [5.41, 5.74) is 3.00. The number of nitrogens with zero attached hydrogens (tertiary/aromatic N) is 2. The molecule has 0 bridgehead atoms. The van der Waals surface area contributed by atoms with Gasteiger partial charge in [-0.25, -0.2) is 0 Å². The largest absolute Gasteiger partial charge is 0.343 e. The van der Waals surface area contributed by atoms with Crippen LogP contribution < -0.4 is 10.2 Å². The van der Waals surface area contributed by atoms with Gasteiger partial charge in [-0.2, -0.15) is 0 Å². The Labute approximate surface area is 184 Å². The summed E-state index contributed by atoms with van der Waals surface area (Å²) in [5, 5.41) is 4.10. The monoisotopic (exact) mass is 435 g/mol. The van der Waals surface area contributed by atoms with Crippen LogP contribution in [0.15, 0.2) is 66.9 Å². The van der Waals surface area contributed by atoms with E-state index < -0.39 is 11.8 Å². The van der Waals surface area contributed by atoms with E-state index in [1.807, 2.05) is 35.0 Å². The van der Waals surface area contributed by atoms with Crippen molar-refractivity contribution < 1.29 is 9.59 Å². The zero-order valence-corrected chi connectivity index (χ0v) is 17.8. The van der Waals surface area contributed by atoms with Crippen molar-refractivity contribution in [3.8, 4) is 0 Å². The first-order valence-electron chi connectivity index (χ1n) is 9.27. The van der Waals surface area contributed by atoms with Crippen LogP contribution in [0.4, 0.5) is 5.69 Å². The summed E-state index contributed by atoms with van der Waals surface area (Å²) in [5.74, 6) is -1.02. The highest BCUT2D eigenvalue weighted by atomic mass is 35.5. The zero-order chi connectivity index (χ0) is 21.4. The van der Waals surface area contributed by atoms with Crippen LogP contribution in [-0.4, -0.2) is 21.5 Å². The highest BCUT2D eigenvalue weighted by Crippen LogP contribution is 2.30. The summed E-state index contributed by atoms with van der Waals surface area (Å²) in [6, 6.07) is 13.0. The second-order valence-electron chi connectivity index (χ2n) is 6.88. The molecule has 1 fully saturated rings.